The van der Waals surface area contributed by atoms with Crippen LogP contribution in [0.2, 0.25) is 0 Å². The number of carbonyl (C=O) groups excluding carboxylic acids is 2. The fourth-order valence-electron chi connectivity index (χ4n) is 2.78. The van der Waals surface area contributed by atoms with Crippen LogP contribution in [-0.4, -0.2) is 11.7 Å². The molecule has 1 aromatic carbocycles. The number of hydrogen-bond donors (Lipinski definition) is 1. The Labute approximate surface area is 100 Å². The predicted octanol–water partition coefficient (Wildman–Crippen LogP) is 2.16. The molecular weight excluding hydrogens is 214 g/mol. The maximum Gasteiger partial charge on any atom is 0.251 e. The van der Waals surface area contributed by atoms with Crippen LogP contribution in [-0.2, 0) is 11.3 Å². The second-order valence-corrected chi connectivity index (χ2v) is 4.91. The summed E-state index contributed by atoms with van der Waals surface area (Å²) in [6, 6.07) is 6.10. The molecule has 0 bridgehead atoms. The molecule has 2 aliphatic rings. The van der Waals surface area contributed by atoms with Crippen LogP contribution in [0.15, 0.2) is 18.2 Å². The molecule has 0 unspecified atom stereocenters. The van der Waals surface area contributed by atoms with Gasteiger partial charge in [-0.05, 0) is 36.0 Å². The third-order valence-corrected chi connectivity index (χ3v) is 3.83. The van der Waals surface area contributed by atoms with Crippen LogP contribution in [0.3, 0.4) is 0 Å². The minimum Gasteiger partial charge on any atom is -0.348 e. The van der Waals surface area contributed by atoms with Crippen molar-refractivity contribution in [1.29, 1.82) is 0 Å². The van der Waals surface area contributed by atoms with Gasteiger partial charge in [0.2, 0.25) is 0 Å². The molecule has 3 rings (SSSR count). The molecule has 1 aliphatic carbocycles. The molecule has 1 saturated carbocycles. The van der Waals surface area contributed by atoms with Crippen molar-refractivity contribution in [3.05, 3.63) is 34.9 Å². The van der Waals surface area contributed by atoms with Gasteiger partial charge in [0, 0.05) is 24.9 Å². The summed E-state index contributed by atoms with van der Waals surface area (Å²) in [6.07, 6.45) is 3.33. The number of fused-ring (bicyclic) bond motifs is 1. The van der Waals surface area contributed by atoms with Crippen molar-refractivity contribution in [3.63, 3.8) is 0 Å². The topological polar surface area (TPSA) is 46.2 Å². The van der Waals surface area contributed by atoms with Crippen molar-refractivity contribution >= 4 is 11.7 Å². The molecule has 0 radical (unpaired) electrons. The van der Waals surface area contributed by atoms with Crippen molar-refractivity contribution in [1.82, 2.24) is 5.32 Å². The van der Waals surface area contributed by atoms with E-state index in [2.05, 4.69) is 11.4 Å². The van der Waals surface area contributed by atoms with Crippen LogP contribution >= 0.6 is 0 Å². The number of amides is 1. The molecule has 17 heavy (non-hydrogen) atoms. The SMILES string of the molecule is O=C1CCC(c2ccc3c(c2)CNC3=O)CC1. The van der Waals surface area contributed by atoms with E-state index in [9.17, 15) is 9.59 Å². The number of ketones is 1. The molecule has 0 atom stereocenters. The number of benzene rings is 1. The fourth-order valence-corrected chi connectivity index (χ4v) is 2.78. The molecule has 0 spiro atoms. The Morgan fingerprint density at radius 2 is 1.88 bits per heavy atom. The largest absolute Gasteiger partial charge is 0.348 e. The molecule has 0 saturated heterocycles. The van der Waals surface area contributed by atoms with Gasteiger partial charge in [0.1, 0.15) is 5.78 Å². The molecule has 0 aromatic heterocycles. The second-order valence-electron chi connectivity index (χ2n) is 4.91. The van der Waals surface area contributed by atoms with Crippen LogP contribution < -0.4 is 5.32 Å². The molecule has 1 N–H and O–H groups in total. The van der Waals surface area contributed by atoms with E-state index in [0.29, 0.717) is 31.1 Å². The van der Waals surface area contributed by atoms with Crippen LogP contribution in [0.1, 0.15) is 53.1 Å². The van der Waals surface area contributed by atoms with E-state index in [-0.39, 0.29) is 5.91 Å². The van der Waals surface area contributed by atoms with Crippen LogP contribution in [0, 0.1) is 0 Å². The lowest BCUT2D eigenvalue weighted by molar-refractivity contribution is -0.120. The van der Waals surface area contributed by atoms with Crippen molar-refractivity contribution in [2.75, 3.05) is 0 Å². The zero-order chi connectivity index (χ0) is 11.8. The Morgan fingerprint density at radius 3 is 2.65 bits per heavy atom. The summed E-state index contributed by atoms with van der Waals surface area (Å²) in [6.45, 7) is 0.646. The Morgan fingerprint density at radius 1 is 1.12 bits per heavy atom. The molecule has 1 fully saturated rings. The first-order valence-corrected chi connectivity index (χ1v) is 6.17. The Hall–Kier alpha value is -1.64. The van der Waals surface area contributed by atoms with Gasteiger partial charge in [0.05, 0.1) is 0 Å². The van der Waals surface area contributed by atoms with Gasteiger partial charge >= 0.3 is 0 Å². The fraction of sp³-hybridized carbons (Fsp3) is 0.429. The molecule has 1 heterocycles. The summed E-state index contributed by atoms with van der Waals surface area (Å²) in [5.74, 6) is 0.915. The normalized spacial score (nSPS) is 20.2. The molecule has 1 amide bonds. The van der Waals surface area contributed by atoms with Crippen molar-refractivity contribution in [2.24, 2.45) is 0 Å². The van der Waals surface area contributed by atoms with E-state index in [1.165, 1.54) is 5.56 Å². The first-order valence-electron chi connectivity index (χ1n) is 6.17. The lowest BCUT2D eigenvalue weighted by atomic mass is 9.83. The lowest BCUT2D eigenvalue weighted by Crippen LogP contribution is -2.12. The van der Waals surface area contributed by atoms with Gasteiger partial charge in [-0.25, -0.2) is 0 Å². The quantitative estimate of drug-likeness (QED) is 0.802. The standard InChI is InChI=1S/C14H15NO2/c16-12-4-1-9(2-5-12)10-3-6-13-11(7-10)8-15-14(13)17/h3,6-7,9H,1-2,4-5,8H2,(H,15,17). The van der Waals surface area contributed by atoms with Gasteiger partial charge in [-0.3, -0.25) is 9.59 Å². The predicted molar refractivity (Wildman–Crippen MR) is 63.8 cm³/mol. The molecule has 1 aromatic rings. The number of carbonyl (C=O) groups is 2. The second kappa shape index (κ2) is 3.99. The summed E-state index contributed by atoms with van der Waals surface area (Å²) < 4.78 is 0. The number of nitrogens with one attached hydrogen (secondary N) is 1. The van der Waals surface area contributed by atoms with Gasteiger partial charge in [0.15, 0.2) is 0 Å². The van der Waals surface area contributed by atoms with Gasteiger partial charge in [-0.2, -0.15) is 0 Å². The highest BCUT2D eigenvalue weighted by Crippen LogP contribution is 2.32. The van der Waals surface area contributed by atoms with Crippen LogP contribution in [0.4, 0.5) is 0 Å². The molecular formula is C14H15NO2. The summed E-state index contributed by atoms with van der Waals surface area (Å²) in [4.78, 5) is 22.7. The smallest absolute Gasteiger partial charge is 0.251 e. The Bertz CT molecular complexity index is 483. The zero-order valence-corrected chi connectivity index (χ0v) is 9.66. The van der Waals surface area contributed by atoms with Gasteiger partial charge < -0.3 is 5.32 Å². The highest BCUT2D eigenvalue weighted by molar-refractivity contribution is 5.98. The Kier molecular flexibility index (Phi) is 2.46. The molecule has 88 valence electrons. The van der Waals surface area contributed by atoms with E-state index in [1.807, 2.05) is 12.1 Å². The summed E-state index contributed by atoms with van der Waals surface area (Å²) in [5, 5.41) is 2.83. The highest BCUT2D eigenvalue weighted by atomic mass is 16.2. The Balaban J connectivity index is 1.85. The van der Waals surface area contributed by atoms with E-state index in [1.54, 1.807) is 0 Å². The zero-order valence-electron chi connectivity index (χ0n) is 9.66. The van der Waals surface area contributed by atoms with Gasteiger partial charge in [-0.1, -0.05) is 12.1 Å². The van der Waals surface area contributed by atoms with E-state index in [4.69, 9.17) is 0 Å². The lowest BCUT2D eigenvalue weighted by Gasteiger charge is -2.21. The van der Waals surface area contributed by atoms with Crippen molar-refractivity contribution < 1.29 is 9.59 Å². The van der Waals surface area contributed by atoms with Gasteiger partial charge in [-0.15, -0.1) is 0 Å². The first kappa shape index (κ1) is 10.5. The number of hydrogen-bond acceptors (Lipinski definition) is 2. The van der Waals surface area contributed by atoms with Crippen molar-refractivity contribution in [2.45, 2.75) is 38.1 Å². The van der Waals surface area contributed by atoms with E-state index >= 15 is 0 Å². The minimum absolute atomic E-state index is 0.0328. The first-order chi connectivity index (χ1) is 8.24. The summed E-state index contributed by atoms with van der Waals surface area (Å²) >= 11 is 0. The number of rotatable bonds is 1. The van der Waals surface area contributed by atoms with Crippen LogP contribution in [0.25, 0.3) is 0 Å². The van der Waals surface area contributed by atoms with Crippen molar-refractivity contribution in [3.8, 4) is 0 Å². The summed E-state index contributed by atoms with van der Waals surface area (Å²) in [5.41, 5.74) is 3.19. The molecule has 3 heteroatoms. The van der Waals surface area contributed by atoms with Gasteiger partial charge in [0.25, 0.3) is 5.91 Å². The maximum absolute atomic E-state index is 11.4. The highest BCUT2D eigenvalue weighted by Gasteiger charge is 2.23. The average molecular weight is 229 g/mol. The monoisotopic (exact) mass is 229 g/mol. The summed E-state index contributed by atoms with van der Waals surface area (Å²) in [7, 11) is 0. The molecule has 1 aliphatic heterocycles. The third-order valence-electron chi connectivity index (χ3n) is 3.83. The number of Topliss-reactive ketones (excluding diaryl/α,β-unsaturated/α-hetero) is 1. The maximum atomic E-state index is 11.4. The van der Waals surface area contributed by atoms with Crippen LogP contribution in [0.5, 0.6) is 0 Å². The average Bonchev–Trinajstić information content (AvgIpc) is 2.72. The minimum atomic E-state index is 0.0328. The van der Waals surface area contributed by atoms with E-state index in [0.717, 1.165) is 24.0 Å². The molecule has 3 nitrogen and oxygen atoms in total. The van der Waals surface area contributed by atoms with E-state index < -0.39 is 0 Å². The third kappa shape index (κ3) is 1.86.